The van der Waals surface area contributed by atoms with E-state index in [-0.39, 0.29) is 17.7 Å². The molecular formula is C36H45FN2O4. The Morgan fingerprint density at radius 2 is 1.65 bits per heavy atom. The Hall–Kier alpha value is -3.89. The van der Waals surface area contributed by atoms with E-state index in [2.05, 4.69) is 30.6 Å². The van der Waals surface area contributed by atoms with Crippen LogP contribution in [0.4, 0.5) is 10.1 Å². The predicted molar refractivity (Wildman–Crippen MR) is 171 cm³/mol. The molecule has 230 valence electrons. The van der Waals surface area contributed by atoms with Crippen molar-refractivity contribution in [1.82, 2.24) is 4.98 Å². The van der Waals surface area contributed by atoms with Crippen LogP contribution in [-0.4, -0.2) is 46.5 Å². The summed E-state index contributed by atoms with van der Waals surface area (Å²) >= 11 is 0. The summed E-state index contributed by atoms with van der Waals surface area (Å²) in [7, 11) is 0. The Bertz CT molecular complexity index is 1430. The summed E-state index contributed by atoms with van der Waals surface area (Å²) in [6.07, 6.45) is 2.63. The monoisotopic (exact) mass is 588 g/mol. The third kappa shape index (κ3) is 10.4. The van der Waals surface area contributed by atoms with Crippen molar-refractivity contribution >= 4 is 11.7 Å². The van der Waals surface area contributed by atoms with E-state index >= 15 is 0 Å². The number of carboxylic acids is 1. The van der Waals surface area contributed by atoms with Crippen molar-refractivity contribution in [1.29, 1.82) is 0 Å². The van der Waals surface area contributed by atoms with Crippen LogP contribution in [0.25, 0.3) is 11.1 Å². The molecule has 0 radical (unpaired) electrons. The normalized spacial score (nSPS) is 14.2. The molecule has 0 spiro atoms. The second kappa shape index (κ2) is 14.5. The van der Waals surface area contributed by atoms with E-state index < -0.39 is 11.6 Å². The van der Waals surface area contributed by atoms with Crippen LogP contribution in [0.1, 0.15) is 76.9 Å². The number of carbonyl (C=O) groups is 1. The molecule has 7 heteroatoms. The van der Waals surface area contributed by atoms with Gasteiger partial charge >= 0.3 is 5.97 Å². The van der Waals surface area contributed by atoms with Gasteiger partial charge in [0.15, 0.2) is 0 Å². The molecule has 2 N–H and O–H groups in total. The number of ether oxygens (including phenoxy) is 1. The van der Waals surface area contributed by atoms with Crippen LogP contribution in [0.5, 0.6) is 5.75 Å². The molecule has 0 bridgehead atoms. The number of aliphatic hydroxyl groups is 1. The van der Waals surface area contributed by atoms with E-state index in [1.54, 1.807) is 39.8 Å². The lowest BCUT2D eigenvalue weighted by atomic mass is 9.82. The number of benzene rings is 2. The highest BCUT2D eigenvalue weighted by atomic mass is 19.1. The second-order valence-corrected chi connectivity index (χ2v) is 12.8. The van der Waals surface area contributed by atoms with Crippen molar-refractivity contribution in [2.75, 3.05) is 24.6 Å². The van der Waals surface area contributed by atoms with Crippen molar-refractivity contribution in [3.63, 3.8) is 0 Å². The summed E-state index contributed by atoms with van der Waals surface area (Å²) in [5, 5.41) is 18.3. The molecular weight excluding hydrogens is 543 g/mol. The van der Waals surface area contributed by atoms with E-state index in [0.29, 0.717) is 24.4 Å². The van der Waals surface area contributed by atoms with Gasteiger partial charge in [-0.15, -0.1) is 0 Å². The smallest absolute Gasteiger partial charge is 0.307 e. The number of rotatable bonds is 8. The van der Waals surface area contributed by atoms with Crippen LogP contribution in [0.15, 0.2) is 48.5 Å². The Labute approximate surface area is 255 Å². The fourth-order valence-corrected chi connectivity index (χ4v) is 4.91. The minimum absolute atomic E-state index is 0.0918. The average Bonchev–Trinajstić information content (AvgIpc) is 2.91. The number of aryl methyl sites for hydroxylation is 1. The molecule has 1 aromatic heterocycles. The Kier molecular flexibility index (Phi) is 11.4. The van der Waals surface area contributed by atoms with Crippen molar-refractivity contribution in [3.05, 3.63) is 76.9 Å². The highest BCUT2D eigenvalue weighted by molar-refractivity contribution is 5.88. The third-order valence-corrected chi connectivity index (χ3v) is 7.20. The van der Waals surface area contributed by atoms with Gasteiger partial charge in [-0.05, 0) is 94.2 Å². The quantitative estimate of drug-likeness (QED) is 0.271. The van der Waals surface area contributed by atoms with Crippen LogP contribution in [0.2, 0.25) is 0 Å². The lowest BCUT2D eigenvalue weighted by Gasteiger charge is -2.40. The standard InChI is InChI=1S/C32H35FN2O3.C4H10O/c1-5-6-28-30(24-9-13-26(14-10-24)38-20-15-23-7-11-25(33)12-8-23)31(27(21-29(36)37)22(2)34-28)35-18-16-32(3,4)17-19-35;1-4(2,3)5/h7-14H,15-21H2,1-4H3,(H,36,37);5H,1-3H3. The first-order valence-corrected chi connectivity index (χ1v) is 14.8. The highest BCUT2D eigenvalue weighted by Gasteiger charge is 2.30. The van der Waals surface area contributed by atoms with Gasteiger partial charge in [-0.2, -0.15) is 0 Å². The van der Waals surface area contributed by atoms with Gasteiger partial charge in [0.1, 0.15) is 17.3 Å². The summed E-state index contributed by atoms with van der Waals surface area (Å²) in [5.74, 6) is 5.76. The molecule has 1 aliphatic heterocycles. The van der Waals surface area contributed by atoms with Gasteiger partial charge in [0.2, 0.25) is 0 Å². The zero-order valence-electron chi connectivity index (χ0n) is 26.6. The Balaban J connectivity index is 0.000000934. The zero-order chi connectivity index (χ0) is 31.8. The first-order valence-electron chi connectivity index (χ1n) is 14.8. The first-order chi connectivity index (χ1) is 20.2. The highest BCUT2D eigenvalue weighted by Crippen LogP contribution is 2.41. The molecule has 4 rings (SSSR count). The molecule has 1 fully saturated rings. The maximum atomic E-state index is 13.1. The largest absolute Gasteiger partial charge is 0.493 e. The molecule has 0 amide bonds. The van der Waals surface area contributed by atoms with Crippen molar-refractivity contribution in [3.8, 4) is 28.7 Å². The van der Waals surface area contributed by atoms with Gasteiger partial charge in [-0.3, -0.25) is 4.79 Å². The van der Waals surface area contributed by atoms with E-state index in [1.165, 1.54) is 12.1 Å². The number of anilines is 1. The molecule has 0 unspecified atom stereocenters. The molecule has 0 aliphatic carbocycles. The summed E-state index contributed by atoms with van der Waals surface area (Å²) in [4.78, 5) is 19.0. The minimum Gasteiger partial charge on any atom is -0.493 e. The number of pyridine rings is 1. The second-order valence-electron chi connectivity index (χ2n) is 12.8. The Morgan fingerprint density at radius 1 is 1.07 bits per heavy atom. The van der Waals surface area contributed by atoms with E-state index in [4.69, 9.17) is 14.8 Å². The van der Waals surface area contributed by atoms with Gasteiger partial charge in [0.25, 0.3) is 0 Å². The van der Waals surface area contributed by atoms with Gasteiger partial charge < -0.3 is 19.8 Å². The van der Waals surface area contributed by atoms with Gasteiger partial charge in [0.05, 0.1) is 24.3 Å². The summed E-state index contributed by atoms with van der Waals surface area (Å²) in [6.45, 7) is 15.6. The van der Waals surface area contributed by atoms with Gasteiger partial charge in [-0.25, -0.2) is 9.37 Å². The fourth-order valence-electron chi connectivity index (χ4n) is 4.91. The van der Waals surface area contributed by atoms with Crippen LogP contribution >= 0.6 is 0 Å². The molecule has 3 aromatic rings. The van der Waals surface area contributed by atoms with E-state index in [0.717, 1.165) is 59.6 Å². The first kappa shape index (κ1) is 33.6. The molecule has 2 heterocycles. The van der Waals surface area contributed by atoms with E-state index in [9.17, 15) is 14.3 Å². The van der Waals surface area contributed by atoms with Crippen LogP contribution in [-0.2, 0) is 17.6 Å². The third-order valence-electron chi connectivity index (χ3n) is 7.20. The molecule has 0 saturated carbocycles. The number of hydrogen-bond donors (Lipinski definition) is 2. The number of aliphatic carboxylic acids is 1. The molecule has 6 nitrogen and oxygen atoms in total. The van der Waals surface area contributed by atoms with Crippen molar-refractivity contribution in [2.45, 2.75) is 79.8 Å². The number of halogens is 1. The Morgan fingerprint density at radius 3 is 2.19 bits per heavy atom. The molecule has 1 aliphatic rings. The van der Waals surface area contributed by atoms with Crippen LogP contribution < -0.4 is 9.64 Å². The lowest BCUT2D eigenvalue weighted by molar-refractivity contribution is -0.136. The van der Waals surface area contributed by atoms with E-state index in [1.807, 2.05) is 31.2 Å². The number of nitrogens with zero attached hydrogens (tertiary/aromatic N) is 2. The van der Waals surface area contributed by atoms with Crippen molar-refractivity contribution < 1.29 is 24.1 Å². The van der Waals surface area contributed by atoms with Crippen LogP contribution in [0.3, 0.4) is 0 Å². The molecule has 0 atom stereocenters. The fraction of sp³-hybridized carbons (Fsp3) is 0.444. The number of aromatic nitrogens is 1. The van der Waals surface area contributed by atoms with Crippen molar-refractivity contribution in [2.24, 2.45) is 5.41 Å². The van der Waals surface area contributed by atoms with Gasteiger partial charge in [-0.1, -0.05) is 44.0 Å². The molecule has 43 heavy (non-hydrogen) atoms. The molecule has 1 saturated heterocycles. The number of carboxylic acid groups (broad SMARTS) is 1. The summed E-state index contributed by atoms with van der Waals surface area (Å²) < 4.78 is 19.1. The number of hydrogen-bond acceptors (Lipinski definition) is 5. The SMILES string of the molecule is CC#Cc1nc(C)c(CC(=O)O)c(N2CCC(C)(C)CC2)c1-c1ccc(OCCc2ccc(F)cc2)cc1.CC(C)(C)O. The summed E-state index contributed by atoms with van der Waals surface area (Å²) in [6, 6.07) is 14.3. The predicted octanol–water partition coefficient (Wildman–Crippen LogP) is 7.22. The number of piperidine rings is 1. The maximum Gasteiger partial charge on any atom is 0.307 e. The van der Waals surface area contributed by atoms with Gasteiger partial charge in [0, 0.05) is 36.3 Å². The topological polar surface area (TPSA) is 82.9 Å². The zero-order valence-corrected chi connectivity index (χ0v) is 26.6. The average molecular weight is 589 g/mol. The lowest BCUT2D eigenvalue weighted by Crippen LogP contribution is -2.38. The maximum absolute atomic E-state index is 13.1. The summed E-state index contributed by atoms with van der Waals surface area (Å²) in [5.41, 5.74) is 5.60. The van der Waals surface area contributed by atoms with Crippen LogP contribution in [0, 0.1) is 30.0 Å². The minimum atomic E-state index is -0.876. The molecule has 2 aromatic carbocycles.